The van der Waals surface area contributed by atoms with Crippen LogP contribution in [0.25, 0.3) is 0 Å². The Bertz CT molecular complexity index is 861. The molecular weight excluding hydrogens is 507 g/mol. The molecule has 3 aromatic carbocycles. The van der Waals surface area contributed by atoms with Crippen LogP contribution in [0.3, 0.4) is 0 Å². The zero-order valence-electron chi connectivity index (χ0n) is 17.9. The Hall–Kier alpha value is -2.03. The van der Waals surface area contributed by atoms with Crippen LogP contribution >= 0.6 is 12.4 Å². The predicted molar refractivity (Wildman–Crippen MR) is 137 cm³/mol. The second-order valence-corrected chi connectivity index (χ2v) is 9.97. The third-order valence-electron chi connectivity index (χ3n) is 4.75. The molecule has 2 aliphatic rings. The van der Waals surface area contributed by atoms with Gasteiger partial charge in [0.2, 0.25) is 0 Å². The van der Waals surface area contributed by atoms with Crippen molar-refractivity contribution in [2.24, 2.45) is 0 Å². The van der Waals surface area contributed by atoms with Gasteiger partial charge in [0.1, 0.15) is 0 Å². The van der Waals surface area contributed by atoms with Gasteiger partial charge in [0.05, 0.1) is 0 Å². The molecule has 1 nitrogen and oxygen atoms in total. The van der Waals surface area contributed by atoms with E-state index in [0.717, 1.165) is 28.4 Å². The molecule has 0 aromatic heterocycles. The quantitative estimate of drug-likeness (QED) is 0.294. The van der Waals surface area contributed by atoms with Crippen LogP contribution in [0.1, 0.15) is 12.8 Å². The molecule has 0 atom stereocenters. The number of rotatable bonds is 3. The minimum atomic E-state index is -2.88. The number of allylic oxidation sites excluding steroid dienone is 8. The van der Waals surface area contributed by atoms with Gasteiger partial charge in [0.15, 0.2) is 0 Å². The summed E-state index contributed by atoms with van der Waals surface area (Å²) in [5.41, 5.74) is 0. The summed E-state index contributed by atoms with van der Waals surface area (Å²) in [5.74, 6) is 0. The summed E-state index contributed by atoms with van der Waals surface area (Å²) in [6.45, 7) is 0. The van der Waals surface area contributed by atoms with Crippen molar-refractivity contribution in [3.05, 3.63) is 140 Å². The molecule has 0 radical (unpaired) electrons. The van der Waals surface area contributed by atoms with Gasteiger partial charge in [-0.25, -0.2) is 24.3 Å². The second-order valence-electron chi connectivity index (χ2n) is 6.81. The molecule has 3 aromatic rings. The van der Waals surface area contributed by atoms with Gasteiger partial charge in [-0.2, -0.15) is 12.2 Å². The van der Waals surface area contributed by atoms with Crippen LogP contribution in [0.5, 0.6) is 0 Å². The van der Waals surface area contributed by atoms with Gasteiger partial charge < -0.3 is 4.80 Å². The van der Waals surface area contributed by atoms with Crippen molar-refractivity contribution in [2.45, 2.75) is 12.8 Å². The maximum atomic E-state index is 11.6. The van der Waals surface area contributed by atoms with E-state index in [4.69, 9.17) is 0 Å². The van der Waals surface area contributed by atoms with E-state index in [9.17, 15) is 4.80 Å². The molecule has 0 spiro atoms. The first-order chi connectivity index (χ1) is 14.8. The Balaban J connectivity index is 0.000000353. The molecule has 0 heterocycles. The zero-order valence-corrected chi connectivity index (χ0v) is 22.2. The summed E-state index contributed by atoms with van der Waals surface area (Å²) in [4.78, 5) is 11.6. The van der Waals surface area contributed by atoms with E-state index in [1.807, 2.05) is 115 Å². The molecule has 0 amide bonds. The third-order valence-corrected chi connectivity index (χ3v) is 8.25. The van der Waals surface area contributed by atoms with Gasteiger partial charge in [-0.05, 0) is 15.6 Å². The summed E-state index contributed by atoms with van der Waals surface area (Å²) in [6.07, 6.45) is 20.0. The van der Waals surface area contributed by atoms with Crippen LogP contribution in [0.15, 0.2) is 127 Å². The van der Waals surface area contributed by atoms with Crippen LogP contribution in [-0.2, 0) is 26.2 Å². The average Bonchev–Trinajstić information content (AvgIpc) is 3.60. The minimum absolute atomic E-state index is 0. The van der Waals surface area contributed by atoms with Crippen molar-refractivity contribution in [3.63, 3.8) is 0 Å². The molecule has 0 aliphatic heterocycles. The molecule has 32 heavy (non-hydrogen) atoms. The fourth-order valence-corrected chi connectivity index (χ4v) is 6.24. The molecule has 0 unspecified atom stereocenters. The first kappa shape index (κ1) is 28.0. The van der Waals surface area contributed by atoms with E-state index in [0.29, 0.717) is 0 Å². The SMILES string of the molecule is Cl.O[Si](c1ccccc1)(c1ccccc1)c1ccccc1.[C-]1=CC=CC1.[C-]1=CC=CC1.[Zr+2]. The van der Waals surface area contributed by atoms with Gasteiger partial charge in [0.25, 0.3) is 8.32 Å². The number of halogens is 1. The van der Waals surface area contributed by atoms with E-state index in [1.165, 1.54) is 0 Å². The Kier molecular flexibility index (Phi) is 13.8. The molecule has 0 bridgehead atoms. The van der Waals surface area contributed by atoms with Crippen LogP contribution in [0.4, 0.5) is 0 Å². The van der Waals surface area contributed by atoms with E-state index < -0.39 is 8.32 Å². The second kappa shape index (κ2) is 15.7. The summed E-state index contributed by atoms with van der Waals surface area (Å²) < 4.78 is 0. The third kappa shape index (κ3) is 8.15. The normalized spacial score (nSPS) is 12.5. The molecule has 0 saturated carbocycles. The molecule has 0 saturated heterocycles. The minimum Gasteiger partial charge on any atom is -0.421 e. The Morgan fingerprint density at radius 3 is 1.06 bits per heavy atom. The molecule has 2 aliphatic carbocycles. The summed E-state index contributed by atoms with van der Waals surface area (Å²) in [5, 5.41) is 3.03. The summed E-state index contributed by atoms with van der Waals surface area (Å²) in [7, 11) is -2.88. The molecular formula is C28H27ClOSiZr. The Labute approximate surface area is 218 Å². The van der Waals surface area contributed by atoms with E-state index in [1.54, 1.807) is 0 Å². The number of hydrogen-bond acceptors (Lipinski definition) is 1. The van der Waals surface area contributed by atoms with Gasteiger partial charge in [-0.1, -0.05) is 91.0 Å². The molecule has 0 fully saturated rings. The van der Waals surface area contributed by atoms with Crippen molar-refractivity contribution in [2.75, 3.05) is 0 Å². The van der Waals surface area contributed by atoms with Crippen molar-refractivity contribution in [1.29, 1.82) is 0 Å². The first-order valence-electron chi connectivity index (χ1n) is 10.1. The Morgan fingerprint density at radius 2 is 0.875 bits per heavy atom. The van der Waals surface area contributed by atoms with Gasteiger partial charge >= 0.3 is 26.2 Å². The van der Waals surface area contributed by atoms with Gasteiger partial charge in [0, 0.05) is 0 Å². The van der Waals surface area contributed by atoms with Crippen LogP contribution in [-0.4, -0.2) is 13.1 Å². The predicted octanol–water partition coefficient (Wildman–Crippen LogP) is 4.68. The number of hydrogen-bond donors (Lipinski definition) is 1. The van der Waals surface area contributed by atoms with Gasteiger partial charge in [-0.15, -0.1) is 25.2 Å². The van der Waals surface area contributed by atoms with Crippen LogP contribution in [0.2, 0.25) is 0 Å². The van der Waals surface area contributed by atoms with Gasteiger partial charge in [-0.3, -0.25) is 12.2 Å². The first-order valence-corrected chi connectivity index (χ1v) is 12.1. The van der Waals surface area contributed by atoms with Crippen LogP contribution in [0, 0.1) is 12.2 Å². The molecule has 4 heteroatoms. The van der Waals surface area contributed by atoms with Crippen LogP contribution < -0.4 is 15.6 Å². The smallest absolute Gasteiger partial charge is 0.421 e. The maximum absolute atomic E-state index is 11.6. The molecule has 160 valence electrons. The van der Waals surface area contributed by atoms with E-state index in [2.05, 4.69) is 24.3 Å². The topological polar surface area (TPSA) is 20.2 Å². The monoisotopic (exact) mass is 532 g/mol. The van der Waals surface area contributed by atoms with E-state index >= 15 is 0 Å². The van der Waals surface area contributed by atoms with Crippen molar-refractivity contribution >= 4 is 36.3 Å². The standard InChI is InChI=1S/C18H16OSi.2C5H5.ClH.Zr/c19-20(16-10-4-1-5-11-16,17-12-6-2-7-13-17)18-14-8-3-9-15-18;2*1-2-4-5-3-1;;/h1-15,19H;2*1-3H,4H2;1H;/q;2*-1;;+2. The average molecular weight is 534 g/mol. The van der Waals surface area contributed by atoms with E-state index in [-0.39, 0.29) is 38.6 Å². The molecule has 1 N–H and O–H groups in total. The fraction of sp³-hybridized carbons (Fsp3) is 0.0714. The molecule has 5 rings (SSSR count). The zero-order chi connectivity index (χ0) is 20.9. The largest absolute Gasteiger partial charge is 2.00 e. The summed E-state index contributed by atoms with van der Waals surface area (Å²) >= 11 is 0. The summed E-state index contributed by atoms with van der Waals surface area (Å²) in [6, 6.07) is 30.0. The van der Waals surface area contributed by atoms with Crippen molar-refractivity contribution < 1.29 is 31.0 Å². The Morgan fingerprint density at radius 1 is 0.562 bits per heavy atom. The number of benzene rings is 3. The van der Waals surface area contributed by atoms with Crippen molar-refractivity contribution in [3.8, 4) is 0 Å². The fourth-order valence-electron chi connectivity index (χ4n) is 3.22. The van der Waals surface area contributed by atoms with Crippen molar-refractivity contribution in [1.82, 2.24) is 0 Å². The maximum Gasteiger partial charge on any atom is 2.00 e.